The summed E-state index contributed by atoms with van der Waals surface area (Å²) in [6.45, 7) is 5.21. The smallest absolute Gasteiger partial charge is 0.332 e. The molecule has 1 aromatic heterocycles. The van der Waals surface area contributed by atoms with Crippen LogP contribution in [0.1, 0.15) is 104 Å². The molecule has 3 aliphatic rings. The minimum atomic E-state index is -1.97. The minimum Gasteiger partial charge on any atom is -0.478 e. The zero-order valence-corrected chi connectivity index (χ0v) is 48.0. The van der Waals surface area contributed by atoms with Gasteiger partial charge in [0.15, 0.2) is 5.78 Å². The monoisotopic (exact) mass is 1220 g/mol. The molecule has 1 saturated heterocycles. The van der Waals surface area contributed by atoms with Crippen LogP contribution in [0.3, 0.4) is 0 Å². The van der Waals surface area contributed by atoms with E-state index in [0.29, 0.717) is 27.1 Å². The molecule has 8 amide bonds. The fraction of sp³-hybridized carbons (Fsp3) is 0.585. The number of aliphatic hydroxyl groups is 4. The summed E-state index contributed by atoms with van der Waals surface area (Å²) in [5.74, 6) is -10.5. The van der Waals surface area contributed by atoms with Crippen LogP contribution >= 0.6 is 27.7 Å². The van der Waals surface area contributed by atoms with E-state index in [1.165, 1.54) is 34.6 Å². The summed E-state index contributed by atoms with van der Waals surface area (Å²) in [7, 11) is 0. The lowest BCUT2D eigenvalue weighted by molar-refractivity contribution is -0.142. The molecule has 26 nitrogen and oxygen atoms in total. The molecule has 81 heavy (non-hydrogen) atoms. The van der Waals surface area contributed by atoms with E-state index in [9.17, 15) is 78.0 Å². The molecule has 444 valence electrons. The van der Waals surface area contributed by atoms with Gasteiger partial charge in [-0.25, -0.2) is 4.79 Å². The molecule has 1 aromatic carbocycles. The van der Waals surface area contributed by atoms with Gasteiger partial charge in [-0.05, 0) is 93.1 Å². The maximum absolute atomic E-state index is 14.8. The quantitative estimate of drug-likeness (QED) is 0.0554. The highest BCUT2D eigenvalue weighted by molar-refractivity contribution is 9.12. The Bertz CT molecular complexity index is 2800. The van der Waals surface area contributed by atoms with Crippen molar-refractivity contribution < 1.29 is 83.1 Å². The van der Waals surface area contributed by atoms with Crippen LogP contribution in [0.15, 0.2) is 33.3 Å². The Morgan fingerprint density at radius 3 is 2.21 bits per heavy atom. The Balaban J connectivity index is 1.42. The highest BCUT2D eigenvalue weighted by Crippen LogP contribution is 2.35. The van der Waals surface area contributed by atoms with E-state index < -0.39 is 133 Å². The van der Waals surface area contributed by atoms with Gasteiger partial charge in [-0.15, -0.1) is 11.8 Å². The number of Topliss-reactive ketones (excluding diaryl/α,β-unsaturated/α-hetero) is 3. The Morgan fingerprint density at radius 1 is 0.840 bits per heavy atom. The topological polar surface area (TPSA) is 409 Å². The van der Waals surface area contributed by atoms with Crippen molar-refractivity contribution in [1.29, 1.82) is 0 Å². The number of hydrogen-bond donors (Lipinski definition) is 13. The molecule has 0 aliphatic carbocycles. The fourth-order valence-corrected chi connectivity index (χ4v) is 10.8. The number of amides is 8. The zero-order chi connectivity index (χ0) is 60.0. The normalized spacial score (nSPS) is 24.9. The summed E-state index contributed by atoms with van der Waals surface area (Å²) in [5.41, 5.74) is -0.732. The second-order valence-corrected chi connectivity index (χ2v) is 22.9. The van der Waals surface area contributed by atoms with Crippen molar-refractivity contribution in [1.82, 2.24) is 47.1 Å². The number of carbonyl (C=O) groups excluding carboxylic acids is 11. The molecular weight excluding hydrogens is 1150 g/mol. The number of aromatic nitrogens is 1. The number of hydrogen-bond acceptors (Lipinski definition) is 17. The van der Waals surface area contributed by atoms with Crippen LogP contribution in [0.2, 0.25) is 0 Å². The Kier molecular flexibility index (Phi) is 23.7. The molecule has 1 fully saturated rings. The van der Waals surface area contributed by atoms with Gasteiger partial charge in [0.25, 0.3) is 5.91 Å². The lowest BCUT2D eigenvalue weighted by Gasteiger charge is -2.31. The Labute approximate surface area is 479 Å². The third-order valence-electron chi connectivity index (χ3n) is 14.1. The highest BCUT2D eigenvalue weighted by atomic mass is 79.9. The van der Waals surface area contributed by atoms with Crippen LogP contribution < -0.4 is 37.2 Å². The first-order valence-corrected chi connectivity index (χ1v) is 28.4. The number of nitrogens with zero attached hydrogens (tertiary/aromatic N) is 1. The molecule has 3 aliphatic heterocycles. The summed E-state index contributed by atoms with van der Waals surface area (Å²) in [6.07, 6.45) is -3.82. The fourth-order valence-electron chi connectivity index (χ4n) is 9.34. The van der Waals surface area contributed by atoms with Crippen LogP contribution in [-0.4, -0.2) is 192 Å². The number of halogens is 1. The van der Waals surface area contributed by atoms with Crippen molar-refractivity contribution in [3.63, 3.8) is 0 Å². The second kappa shape index (κ2) is 29.4. The van der Waals surface area contributed by atoms with Crippen molar-refractivity contribution in [2.45, 2.75) is 164 Å². The Morgan fingerprint density at radius 2 is 1.53 bits per heavy atom. The number of nitrogens with one attached hydrogen (secondary N) is 8. The largest absolute Gasteiger partial charge is 0.478 e. The van der Waals surface area contributed by atoms with E-state index in [-0.39, 0.29) is 111 Å². The number of fused-ring (bicyclic) bond motifs is 5. The molecule has 0 radical (unpaired) electrons. The molecule has 2 aromatic rings. The van der Waals surface area contributed by atoms with E-state index in [0.717, 1.165) is 16.7 Å². The summed E-state index contributed by atoms with van der Waals surface area (Å²) in [4.78, 5) is 165. The standard InChI is InChI=1S/C53H72BrN9O17S/c1-25(52(78)79)42(54)48(75)56-15-13-31(66)8-6-10-41(70)55-14-7-9-32(67)16-29-11-12-36-34(17-29)35-18-30-19-40(69)26(2)57-47(74)39-20-33(68)22-63(39)51(77)38(23-81-50(35)61-36)60-49(76)43(28(4)65)62-44(71)27(3)58-46(73)37(59-45(30)72)21-53(5,80)24-64/h11-12,17,26-28,30,33,37-39,43,61,64-65,68,80H,6-10,13-16,18-24H2,1-5H3,(H,55,70)(H,56,75)(H,57,74)(H,58,73)(H,59,72)(H,60,76)(H,62,71)(H,78,79)/b42-25+/t26-,27-,28?,30+,33+,37-,38+,39-,43+,53+/m0/s1. The molecular formula is C53H72BrN9O17S. The van der Waals surface area contributed by atoms with Gasteiger partial charge in [0.05, 0.1) is 45.5 Å². The Hall–Kier alpha value is -6.59. The first-order valence-electron chi connectivity index (χ1n) is 26.6. The molecule has 28 heteroatoms. The summed E-state index contributed by atoms with van der Waals surface area (Å²) < 4.78 is -0.163. The number of aromatic amines is 1. The predicted molar refractivity (Wildman–Crippen MR) is 294 cm³/mol. The van der Waals surface area contributed by atoms with Gasteiger partial charge in [0, 0.05) is 93.6 Å². The van der Waals surface area contributed by atoms with E-state index in [1.807, 2.05) is 0 Å². The minimum absolute atomic E-state index is 0.0218. The van der Waals surface area contributed by atoms with Crippen molar-refractivity contribution in [3.8, 4) is 0 Å². The molecule has 1 unspecified atom stereocenters. The third-order valence-corrected chi connectivity index (χ3v) is 16.2. The van der Waals surface area contributed by atoms with Gasteiger partial charge in [-0.1, -0.05) is 6.07 Å². The second-order valence-electron chi connectivity index (χ2n) is 21.1. The van der Waals surface area contributed by atoms with Crippen molar-refractivity contribution >= 4 is 109 Å². The van der Waals surface area contributed by atoms with Crippen molar-refractivity contribution in [3.05, 3.63) is 39.4 Å². The number of aliphatic hydroxyl groups excluding tert-OH is 3. The molecule has 10 atom stereocenters. The van der Waals surface area contributed by atoms with Gasteiger partial charge < -0.3 is 72.6 Å². The number of thioether (sulfide) groups is 1. The first kappa shape index (κ1) is 65.2. The summed E-state index contributed by atoms with van der Waals surface area (Å²) in [5, 5.41) is 70.3. The van der Waals surface area contributed by atoms with Crippen molar-refractivity contribution in [2.75, 3.05) is 32.0 Å². The SMILES string of the molecule is C/C(C(=O)O)=C(\Br)C(=O)NCCC(=O)CCCC(=O)NCCCC(=O)Cc1ccc2[nH]c3c(c2c1)C[C@@H]1CC(=O)[C@H](C)NC(=O)[C@@H]2C[C@@H](O)CN2C(=O)[C@@H](CS3)NC(=O)[C@@H](C(C)O)NC(=O)[C@H](C)NC(=O)[C@H](C[C@@](C)(O)CO)NC1=O. The van der Waals surface area contributed by atoms with Crippen LogP contribution in [-0.2, 0) is 70.4 Å². The van der Waals surface area contributed by atoms with Crippen LogP contribution in [0.5, 0.6) is 0 Å². The lowest BCUT2D eigenvalue weighted by Crippen LogP contribution is -2.61. The van der Waals surface area contributed by atoms with E-state index >= 15 is 0 Å². The number of rotatable bonds is 19. The predicted octanol–water partition coefficient (Wildman–Crippen LogP) is -1.65. The number of aliphatic carboxylic acids is 1. The number of H-pyrrole nitrogens is 1. The molecule has 0 saturated carbocycles. The molecule has 4 heterocycles. The third kappa shape index (κ3) is 18.5. The average molecular weight is 1220 g/mol. The average Bonchev–Trinajstić information content (AvgIpc) is 3.98. The number of carboxylic acid groups (broad SMARTS) is 1. The lowest BCUT2D eigenvalue weighted by atomic mass is 9.89. The first-order chi connectivity index (χ1) is 38.1. The van der Waals surface area contributed by atoms with Crippen LogP contribution in [0.25, 0.3) is 10.9 Å². The molecule has 13 N–H and O–H groups in total. The molecule has 5 rings (SSSR count). The van der Waals surface area contributed by atoms with Gasteiger partial charge in [-0.2, -0.15) is 0 Å². The van der Waals surface area contributed by atoms with Crippen LogP contribution in [0, 0.1) is 5.92 Å². The zero-order valence-electron chi connectivity index (χ0n) is 45.6. The van der Waals surface area contributed by atoms with Crippen LogP contribution in [0.4, 0.5) is 0 Å². The van der Waals surface area contributed by atoms with Gasteiger partial charge in [0.1, 0.15) is 41.8 Å². The number of carbonyl (C=O) groups is 12. The highest BCUT2D eigenvalue weighted by Gasteiger charge is 2.44. The summed E-state index contributed by atoms with van der Waals surface area (Å²) in [6, 6.07) is -3.83. The van der Waals surface area contributed by atoms with Gasteiger partial charge in [0.2, 0.25) is 41.4 Å². The maximum atomic E-state index is 14.8. The molecule has 0 spiro atoms. The number of benzene rings is 1. The van der Waals surface area contributed by atoms with Gasteiger partial charge >= 0.3 is 5.97 Å². The summed E-state index contributed by atoms with van der Waals surface area (Å²) >= 11 is 3.94. The maximum Gasteiger partial charge on any atom is 0.332 e. The van der Waals surface area contributed by atoms with E-state index in [4.69, 9.17) is 5.11 Å². The molecule has 2 bridgehead atoms. The van der Waals surface area contributed by atoms with Gasteiger partial charge in [-0.3, -0.25) is 52.7 Å². The number of carboxylic acids is 1. The van der Waals surface area contributed by atoms with Crippen molar-refractivity contribution in [2.24, 2.45) is 5.92 Å². The van der Waals surface area contributed by atoms with E-state index in [2.05, 4.69) is 58.1 Å². The number of ketones is 3. The van der Waals surface area contributed by atoms with E-state index in [1.54, 1.807) is 18.2 Å².